The van der Waals surface area contributed by atoms with Crippen molar-refractivity contribution >= 4 is 21.4 Å². The van der Waals surface area contributed by atoms with Crippen LogP contribution in [0, 0.1) is 5.41 Å². The van der Waals surface area contributed by atoms with Gasteiger partial charge in [-0.2, -0.15) is 14.1 Å². The molecule has 5 rings (SSSR count). The van der Waals surface area contributed by atoms with E-state index in [1.165, 1.54) is 8.99 Å². The molecule has 1 aliphatic heterocycles. The van der Waals surface area contributed by atoms with Crippen molar-refractivity contribution in [3.63, 3.8) is 0 Å². The Morgan fingerprint density at radius 2 is 1.67 bits per heavy atom. The highest BCUT2D eigenvalue weighted by Gasteiger charge is 2.39. The number of rotatable bonds is 8. The van der Waals surface area contributed by atoms with Gasteiger partial charge in [-0.1, -0.05) is 43.3 Å². The molecule has 36 heavy (non-hydrogen) atoms. The quantitative estimate of drug-likeness (QED) is 0.465. The summed E-state index contributed by atoms with van der Waals surface area (Å²) in [6.07, 6.45) is 3.79. The van der Waals surface area contributed by atoms with Gasteiger partial charge in [0.1, 0.15) is 5.69 Å². The zero-order chi connectivity index (χ0) is 25.3. The van der Waals surface area contributed by atoms with Gasteiger partial charge in [0.2, 0.25) is 15.8 Å². The normalized spacial score (nSPS) is 17.6. The maximum atomic E-state index is 13.5. The second-order valence-electron chi connectivity index (χ2n) is 9.85. The van der Waals surface area contributed by atoms with E-state index < -0.39 is 10.0 Å². The fourth-order valence-corrected chi connectivity index (χ4v) is 5.87. The highest BCUT2D eigenvalue weighted by molar-refractivity contribution is 7.88. The predicted octanol–water partition coefficient (Wildman–Crippen LogP) is 2.65. The summed E-state index contributed by atoms with van der Waals surface area (Å²) < 4.78 is 35.1. The van der Waals surface area contributed by atoms with Crippen molar-refractivity contribution in [3.8, 4) is 11.4 Å². The fraction of sp³-hybridized carbons (Fsp3) is 0.385. The van der Waals surface area contributed by atoms with E-state index in [0.29, 0.717) is 55.4 Å². The van der Waals surface area contributed by atoms with Gasteiger partial charge in [0.15, 0.2) is 0 Å². The van der Waals surface area contributed by atoms with Crippen molar-refractivity contribution in [2.75, 3.05) is 43.4 Å². The first-order valence-corrected chi connectivity index (χ1v) is 13.7. The molecule has 0 bridgehead atoms. The SMILES string of the molecule is CC1(COc2c(N3CCN(S(=O)(=O)Cc4ccccc4N)CC3)cnn(-c3ccccc3)c2=O)CC1. The Kier molecular flexibility index (Phi) is 6.48. The number of anilines is 2. The Labute approximate surface area is 211 Å². The molecule has 0 unspecified atom stereocenters. The number of ether oxygens (including phenoxy) is 1. The first-order valence-electron chi connectivity index (χ1n) is 12.1. The molecule has 0 radical (unpaired) electrons. The first kappa shape index (κ1) is 24.3. The minimum atomic E-state index is -3.53. The molecule has 190 valence electrons. The average Bonchev–Trinajstić information content (AvgIpc) is 3.62. The lowest BCUT2D eigenvalue weighted by Gasteiger charge is -2.35. The number of nitrogens with zero attached hydrogens (tertiary/aromatic N) is 4. The summed E-state index contributed by atoms with van der Waals surface area (Å²) in [6, 6.07) is 16.2. The molecule has 3 aromatic rings. The van der Waals surface area contributed by atoms with E-state index in [1.807, 2.05) is 35.2 Å². The third-order valence-electron chi connectivity index (χ3n) is 6.95. The van der Waals surface area contributed by atoms with Crippen LogP contribution >= 0.6 is 0 Å². The Morgan fingerprint density at radius 1 is 1.00 bits per heavy atom. The standard InChI is InChI=1S/C26H31N5O4S/c1-26(11-12-26)19-35-24-23(17-28-31(25(24)32)21-8-3-2-4-9-21)29-13-15-30(16-14-29)36(33,34)18-20-7-5-6-10-22(20)27/h2-10,17H,11-16,18-19,27H2,1H3. The molecular formula is C26H31N5O4S. The first-order chi connectivity index (χ1) is 17.3. The molecule has 10 heteroatoms. The van der Waals surface area contributed by atoms with Gasteiger partial charge in [-0.15, -0.1) is 0 Å². The van der Waals surface area contributed by atoms with Crippen LogP contribution in [0.2, 0.25) is 0 Å². The Bertz CT molecular complexity index is 1400. The van der Waals surface area contributed by atoms with Gasteiger partial charge in [0.25, 0.3) is 0 Å². The number of hydrogen-bond donors (Lipinski definition) is 1. The van der Waals surface area contributed by atoms with Crippen molar-refractivity contribution < 1.29 is 13.2 Å². The molecule has 2 aromatic carbocycles. The predicted molar refractivity (Wildman–Crippen MR) is 140 cm³/mol. The topological polar surface area (TPSA) is 111 Å². The number of benzene rings is 2. The molecule has 9 nitrogen and oxygen atoms in total. The van der Waals surface area contributed by atoms with Crippen LogP contribution in [0.3, 0.4) is 0 Å². The fourth-order valence-electron chi connectivity index (χ4n) is 4.31. The Morgan fingerprint density at radius 3 is 2.33 bits per heavy atom. The number of hydrogen-bond acceptors (Lipinski definition) is 7. The van der Waals surface area contributed by atoms with Gasteiger partial charge in [-0.25, -0.2) is 8.42 Å². The summed E-state index contributed by atoms with van der Waals surface area (Å²) >= 11 is 0. The van der Waals surface area contributed by atoms with Crippen LogP contribution in [0.5, 0.6) is 5.75 Å². The molecule has 2 N–H and O–H groups in total. The van der Waals surface area contributed by atoms with Gasteiger partial charge >= 0.3 is 5.56 Å². The van der Waals surface area contributed by atoms with E-state index >= 15 is 0 Å². The minimum Gasteiger partial charge on any atom is -0.486 e. The maximum Gasteiger partial charge on any atom is 0.316 e. The molecule has 1 aliphatic carbocycles. The second kappa shape index (κ2) is 9.59. The summed E-state index contributed by atoms with van der Waals surface area (Å²) in [5, 5.41) is 4.41. The van der Waals surface area contributed by atoms with Gasteiger partial charge in [-0.05, 0) is 36.6 Å². The molecule has 1 saturated heterocycles. The van der Waals surface area contributed by atoms with Gasteiger partial charge in [0.05, 0.1) is 24.2 Å². The molecule has 1 aromatic heterocycles. The zero-order valence-electron chi connectivity index (χ0n) is 20.3. The third kappa shape index (κ3) is 5.10. The Hall–Kier alpha value is -3.37. The smallest absolute Gasteiger partial charge is 0.316 e. The maximum absolute atomic E-state index is 13.5. The lowest BCUT2D eigenvalue weighted by atomic mass is 10.2. The molecule has 2 fully saturated rings. The molecule has 2 heterocycles. The summed E-state index contributed by atoms with van der Waals surface area (Å²) in [7, 11) is -3.53. The van der Waals surface area contributed by atoms with E-state index in [2.05, 4.69) is 12.0 Å². The molecule has 0 amide bonds. The summed E-state index contributed by atoms with van der Waals surface area (Å²) in [4.78, 5) is 15.4. The second-order valence-corrected chi connectivity index (χ2v) is 11.8. The lowest BCUT2D eigenvalue weighted by molar-refractivity contribution is 0.242. The molecule has 0 spiro atoms. The van der Waals surface area contributed by atoms with E-state index in [0.717, 1.165) is 12.8 Å². The zero-order valence-corrected chi connectivity index (χ0v) is 21.2. The van der Waals surface area contributed by atoms with Crippen LogP contribution in [0.25, 0.3) is 5.69 Å². The lowest BCUT2D eigenvalue weighted by Crippen LogP contribution is -2.49. The van der Waals surface area contributed by atoms with Crippen molar-refractivity contribution in [2.24, 2.45) is 5.41 Å². The van der Waals surface area contributed by atoms with E-state index in [4.69, 9.17) is 10.5 Å². The highest BCUT2D eigenvalue weighted by Crippen LogP contribution is 2.45. The van der Waals surface area contributed by atoms with E-state index in [9.17, 15) is 13.2 Å². The monoisotopic (exact) mass is 509 g/mol. The number of nitrogens with two attached hydrogens (primary N) is 1. The summed E-state index contributed by atoms with van der Waals surface area (Å²) in [5.74, 6) is 0.122. The number of nitrogen functional groups attached to an aromatic ring is 1. The van der Waals surface area contributed by atoms with Crippen LogP contribution in [0.15, 0.2) is 65.6 Å². The minimum absolute atomic E-state index is 0.0939. The molecule has 0 atom stereocenters. The van der Waals surface area contributed by atoms with Gasteiger partial charge in [0, 0.05) is 37.3 Å². The number of aromatic nitrogens is 2. The van der Waals surface area contributed by atoms with Crippen LogP contribution in [-0.4, -0.2) is 55.3 Å². The molecule has 1 saturated carbocycles. The van der Waals surface area contributed by atoms with Crippen molar-refractivity contribution in [1.29, 1.82) is 0 Å². The van der Waals surface area contributed by atoms with Crippen LogP contribution in [0.4, 0.5) is 11.4 Å². The average molecular weight is 510 g/mol. The van der Waals surface area contributed by atoms with Crippen LogP contribution < -0.4 is 20.9 Å². The van der Waals surface area contributed by atoms with Gasteiger partial charge < -0.3 is 15.4 Å². The summed E-state index contributed by atoms with van der Waals surface area (Å²) in [5.41, 5.74) is 8.05. The number of sulfonamides is 1. The summed E-state index contributed by atoms with van der Waals surface area (Å²) in [6.45, 7) is 4.05. The van der Waals surface area contributed by atoms with E-state index in [-0.39, 0.29) is 22.5 Å². The number of para-hydroxylation sites is 2. The van der Waals surface area contributed by atoms with E-state index in [1.54, 1.807) is 30.5 Å². The van der Waals surface area contributed by atoms with Crippen molar-refractivity contribution in [1.82, 2.24) is 14.1 Å². The molecular weight excluding hydrogens is 478 g/mol. The van der Waals surface area contributed by atoms with Gasteiger partial charge in [-0.3, -0.25) is 4.79 Å². The largest absolute Gasteiger partial charge is 0.486 e. The highest BCUT2D eigenvalue weighted by atomic mass is 32.2. The Balaban J connectivity index is 1.36. The molecule has 2 aliphatic rings. The van der Waals surface area contributed by atoms with Crippen molar-refractivity contribution in [3.05, 3.63) is 76.7 Å². The van der Waals surface area contributed by atoms with Crippen molar-refractivity contribution in [2.45, 2.75) is 25.5 Å². The van der Waals surface area contributed by atoms with Crippen LogP contribution in [-0.2, 0) is 15.8 Å². The van der Waals surface area contributed by atoms with Crippen LogP contribution in [0.1, 0.15) is 25.3 Å². The third-order valence-corrected chi connectivity index (χ3v) is 8.78. The number of piperazine rings is 1.